The number of hydrogen-bond acceptors (Lipinski definition) is 4. The summed E-state index contributed by atoms with van der Waals surface area (Å²) >= 11 is 0. The van der Waals surface area contributed by atoms with Crippen LogP contribution in [0.3, 0.4) is 0 Å². The van der Waals surface area contributed by atoms with Gasteiger partial charge in [-0.05, 0) is 56.8 Å². The second-order valence-corrected chi connectivity index (χ2v) is 6.85. The molecule has 6 nitrogen and oxygen atoms in total. The average Bonchev–Trinajstić information content (AvgIpc) is 2.64. The van der Waals surface area contributed by atoms with Crippen molar-refractivity contribution in [1.29, 1.82) is 0 Å². The number of ether oxygens (including phenoxy) is 2. The molecule has 1 aromatic carbocycles. The summed E-state index contributed by atoms with van der Waals surface area (Å²) in [5.74, 6) is 1.88. The van der Waals surface area contributed by atoms with Crippen molar-refractivity contribution in [3.05, 3.63) is 23.8 Å². The summed E-state index contributed by atoms with van der Waals surface area (Å²) in [4.78, 5) is 14.5. The molecule has 1 aliphatic rings. The highest BCUT2D eigenvalue weighted by Gasteiger charge is 2.21. The number of likely N-dealkylation sites (tertiary alicyclic amines) is 1. The first-order valence-corrected chi connectivity index (χ1v) is 9.00. The van der Waals surface area contributed by atoms with Crippen LogP contribution in [0.1, 0.15) is 32.3 Å². The van der Waals surface area contributed by atoms with E-state index in [1.165, 1.54) is 19.4 Å². The number of nitrogens with zero attached hydrogens (tertiary/aromatic N) is 1. The van der Waals surface area contributed by atoms with Crippen LogP contribution in [0, 0.1) is 5.92 Å². The minimum Gasteiger partial charge on any atom is -0.493 e. The molecule has 1 aromatic rings. The van der Waals surface area contributed by atoms with Gasteiger partial charge in [0, 0.05) is 25.7 Å². The van der Waals surface area contributed by atoms with Crippen molar-refractivity contribution in [2.75, 3.05) is 33.9 Å². The number of benzene rings is 1. The van der Waals surface area contributed by atoms with E-state index < -0.39 is 0 Å². The van der Waals surface area contributed by atoms with E-state index in [-0.39, 0.29) is 6.03 Å². The average molecular weight is 349 g/mol. The van der Waals surface area contributed by atoms with Crippen molar-refractivity contribution in [3.8, 4) is 11.5 Å². The predicted molar refractivity (Wildman–Crippen MR) is 99.2 cm³/mol. The Balaban J connectivity index is 1.75. The summed E-state index contributed by atoms with van der Waals surface area (Å²) in [6, 6.07) is 6.08. The van der Waals surface area contributed by atoms with E-state index in [0.29, 0.717) is 30.0 Å². The summed E-state index contributed by atoms with van der Waals surface area (Å²) < 4.78 is 10.5. The molecule has 2 amide bonds. The van der Waals surface area contributed by atoms with Gasteiger partial charge in [-0.15, -0.1) is 0 Å². The first-order chi connectivity index (χ1) is 12.0. The van der Waals surface area contributed by atoms with Gasteiger partial charge in [-0.2, -0.15) is 0 Å². The van der Waals surface area contributed by atoms with Gasteiger partial charge in [0.15, 0.2) is 11.5 Å². The van der Waals surface area contributed by atoms with Crippen molar-refractivity contribution in [1.82, 2.24) is 15.5 Å². The van der Waals surface area contributed by atoms with Crippen molar-refractivity contribution in [2.24, 2.45) is 5.92 Å². The SMILES string of the molecule is COc1ccc(CNC(=O)NCC2CCCN(C(C)C)C2)cc1OC. The first kappa shape index (κ1) is 19.4. The lowest BCUT2D eigenvalue weighted by molar-refractivity contribution is 0.139. The van der Waals surface area contributed by atoms with Gasteiger partial charge in [0.2, 0.25) is 0 Å². The first-order valence-electron chi connectivity index (χ1n) is 9.00. The molecule has 25 heavy (non-hydrogen) atoms. The smallest absolute Gasteiger partial charge is 0.315 e. The van der Waals surface area contributed by atoms with Crippen LogP contribution in [-0.2, 0) is 6.54 Å². The van der Waals surface area contributed by atoms with Crippen LogP contribution in [0.2, 0.25) is 0 Å². The van der Waals surface area contributed by atoms with Gasteiger partial charge >= 0.3 is 6.03 Å². The van der Waals surface area contributed by atoms with E-state index in [4.69, 9.17) is 9.47 Å². The fourth-order valence-electron chi connectivity index (χ4n) is 3.21. The summed E-state index contributed by atoms with van der Waals surface area (Å²) in [5, 5.41) is 5.90. The van der Waals surface area contributed by atoms with Crippen LogP contribution in [0.25, 0.3) is 0 Å². The molecular weight excluding hydrogens is 318 g/mol. The maximum atomic E-state index is 12.1. The third kappa shape index (κ3) is 5.81. The summed E-state index contributed by atoms with van der Waals surface area (Å²) in [6.45, 7) is 7.86. The van der Waals surface area contributed by atoms with E-state index in [1.54, 1.807) is 14.2 Å². The highest BCUT2D eigenvalue weighted by molar-refractivity contribution is 5.73. The molecule has 6 heteroatoms. The standard InChI is InChI=1S/C19H31N3O3/c1-14(2)22-9-5-6-16(13-22)12-21-19(23)20-11-15-7-8-17(24-3)18(10-15)25-4/h7-8,10,14,16H,5-6,9,11-13H2,1-4H3,(H2,20,21,23). The Morgan fingerprint density at radius 2 is 2.00 bits per heavy atom. The van der Waals surface area contributed by atoms with Gasteiger partial charge in [-0.25, -0.2) is 4.79 Å². The second-order valence-electron chi connectivity index (χ2n) is 6.85. The molecule has 1 unspecified atom stereocenters. The Bertz CT molecular complexity index is 563. The van der Waals surface area contributed by atoms with Gasteiger partial charge in [0.1, 0.15) is 0 Å². The number of amides is 2. The van der Waals surface area contributed by atoms with Crippen LogP contribution >= 0.6 is 0 Å². The van der Waals surface area contributed by atoms with E-state index >= 15 is 0 Å². The van der Waals surface area contributed by atoms with Gasteiger partial charge in [0.05, 0.1) is 14.2 Å². The molecule has 0 aromatic heterocycles. The molecule has 0 spiro atoms. The molecule has 2 N–H and O–H groups in total. The van der Waals surface area contributed by atoms with Crippen molar-refractivity contribution in [2.45, 2.75) is 39.3 Å². The largest absolute Gasteiger partial charge is 0.493 e. The lowest BCUT2D eigenvalue weighted by Crippen LogP contribution is -2.45. The predicted octanol–water partition coefficient (Wildman–Crippen LogP) is 2.62. The van der Waals surface area contributed by atoms with Gasteiger partial charge in [0.25, 0.3) is 0 Å². The number of piperidine rings is 1. The zero-order valence-corrected chi connectivity index (χ0v) is 15.8. The van der Waals surface area contributed by atoms with Gasteiger partial charge in [-0.1, -0.05) is 6.07 Å². The maximum absolute atomic E-state index is 12.1. The van der Waals surface area contributed by atoms with E-state index in [1.807, 2.05) is 18.2 Å². The van der Waals surface area contributed by atoms with E-state index in [9.17, 15) is 4.79 Å². The fourth-order valence-corrected chi connectivity index (χ4v) is 3.21. The summed E-state index contributed by atoms with van der Waals surface area (Å²) in [7, 11) is 3.21. The molecule has 0 aliphatic carbocycles. The number of rotatable bonds is 7. The lowest BCUT2D eigenvalue weighted by atomic mass is 9.97. The number of methoxy groups -OCH3 is 2. The van der Waals surface area contributed by atoms with Crippen LogP contribution in [-0.4, -0.2) is 50.8 Å². The summed E-state index contributed by atoms with van der Waals surface area (Å²) in [5.41, 5.74) is 0.969. The molecule has 0 radical (unpaired) electrons. The zero-order valence-electron chi connectivity index (χ0n) is 15.8. The molecule has 1 saturated heterocycles. The number of urea groups is 1. The maximum Gasteiger partial charge on any atom is 0.315 e. The third-order valence-electron chi connectivity index (χ3n) is 4.73. The Morgan fingerprint density at radius 3 is 2.68 bits per heavy atom. The highest BCUT2D eigenvalue weighted by atomic mass is 16.5. The molecule has 140 valence electrons. The number of carbonyl (C=O) groups excluding carboxylic acids is 1. The number of hydrogen-bond donors (Lipinski definition) is 2. The Labute approximate surface area is 150 Å². The fraction of sp³-hybridized carbons (Fsp3) is 0.632. The minimum absolute atomic E-state index is 0.128. The van der Waals surface area contributed by atoms with Crippen LogP contribution in [0.15, 0.2) is 18.2 Å². The number of carbonyl (C=O) groups is 1. The third-order valence-corrected chi connectivity index (χ3v) is 4.73. The highest BCUT2D eigenvalue weighted by Crippen LogP contribution is 2.27. The summed E-state index contributed by atoms with van der Waals surface area (Å²) in [6.07, 6.45) is 2.39. The van der Waals surface area contributed by atoms with E-state index in [2.05, 4.69) is 29.4 Å². The second kappa shape index (κ2) is 9.51. The molecule has 1 aliphatic heterocycles. The Hall–Kier alpha value is -1.95. The molecule has 1 fully saturated rings. The van der Waals surface area contributed by atoms with Crippen LogP contribution < -0.4 is 20.1 Å². The quantitative estimate of drug-likeness (QED) is 0.794. The zero-order chi connectivity index (χ0) is 18.2. The molecule has 1 atom stereocenters. The van der Waals surface area contributed by atoms with E-state index in [0.717, 1.165) is 18.7 Å². The molecule has 1 heterocycles. The van der Waals surface area contributed by atoms with Crippen molar-refractivity contribution < 1.29 is 14.3 Å². The Kier molecular flexibility index (Phi) is 7.37. The van der Waals surface area contributed by atoms with Crippen LogP contribution in [0.4, 0.5) is 4.79 Å². The monoisotopic (exact) mass is 349 g/mol. The molecule has 2 rings (SSSR count). The normalized spacial score (nSPS) is 18.0. The molecule has 0 saturated carbocycles. The van der Waals surface area contributed by atoms with Gasteiger partial charge < -0.3 is 25.0 Å². The lowest BCUT2D eigenvalue weighted by Gasteiger charge is -2.35. The topological polar surface area (TPSA) is 62.8 Å². The number of nitrogens with one attached hydrogen (secondary N) is 2. The molecule has 0 bridgehead atoms. The van der Waals surface area contributed by atoms with Gasteiger partial charge in [-0.3, -0.25) is 0 Å². The van der Waals surface area contributed by atoms with Crippen molar-refractivity contribution in [3.63, 3.8) is 0 Å². The van der Waals surface area contributed by atoms with Crippen LogP contribution in [0.5, 0.6) is 11.5 Å². The van der Waals surface area contributed by atoms with Crippen molar-refractivity contribution >= 4 is 6.03 Å². The Morgan fingerprint density at radius 1 is 1.24 bits per heavy atom. The molecular formula is C19H31N3O3. The minimum atomic E-state index is -0.128.